The van der Waals surface area contributed by atoms with Gasteiger partial charge < -0.3 is 4.90 Å². The minimum atomic E-state index is -3.30. The normalized spacial score (nSPS) is 11.3. The highest BCUT2D eigenvalue weighted by Gasteiger charge is 2.12. The zero-order valence-electron chi connectivity index (χ0n) is 10.1. The third-order valence-electron chi connectivity index (χ3n) is 1.95. The van der Waals surface area contributed by atoms with E-state index in [0.29, 0.717) is 23.0 Å². The summed E-state index contributed by atoms with van der Waals surface area (Å²) < 4.78 is 24.7. The molecule has 0 aliphatic heterocycles. The van der Waals surface area contributed by atoms with Crippen LogP contribution in [0.4, 0.5) is 11.6 Å². The van der Waals surface area contributed by atoms with E-state index in [1.54, 1.807) is 18.7 Å². The molecule has 0 aromatic carbocycles. The molecular formula is C9H16N4O2S. The molecular weight excluding hydrogens is 228 g/mol. The highest BCUT2D eigenvalue weighted by atomic mass is 32.2. The number of anilines is 2. The summed E-state index contributed by atoms with van der Waals surface area (Å²) in [6, 6.07) is 0. The molecule has 1 N–H and O–H groups in total. The van der Waals surface area contributed by atoms with Crippen LogP contribution >= 0.6 is 0 Å². The molecule has 1 heterocycles. The van der Waals surface area contributed by atoms with Crippen LogP contribution in [-0.4, -0.2) is 38.7 Å². The number of hydrogen-bond donors (Lipinski definition) is 1. The van der Waals surface area contributed by atoms with Gasteiger partial charge in [-0.05, 0) is 13.8 Å². The molecule has 0 aliphatic carbocycles. The van der Waals surface area contributed by atoms with E-state index in [2.05, 4.69) is 14.7 Å². The number of aryl methyl sites for hydroxylation is 2. The van der Waals surface area contributed by atoms with Crippen LogP contribution in [-0.2, 0) is 10.0 Å². The summed E-state index contributed by atoms with van der Waals surface area (Å²) >= 11 is 0. The summed E-state index contributed by atoms with van der Waals surface area (Å²) in [5.41, 5.74) is 1.68. The average molecular weight is 244 g/mol. The van der Waals surface area contributed by atoms with Gasteiger partial charge in [-0.1, -0.05) is 0 Å². The highest BCUT2D eigenvalue weighted by Crippen LogP contribution is 2.20. The van der Waals surface area contributed by atoms with Crippen LogP contribution in [0.5, 0.6) is 0 Å². The van der Waals surface area contributed by atoms with Crippen LogP contribution in [0.2, 0.25) is 0 Å². The monoisotopic (exact) mass is 244 g/mol. The molecule has 0 fully saturated rings. The van der Waals surface area contributed by atoms with Crippen molar-refractivity contribution in [1.29, 1.82) is 0 Å². The average Bonchev–Trinajstić information content (AvgIpc) is 2.09. The van der Waals surface area contributed by atoms with Gasteiger partial charge >= 0.3 is 0 Å². The van der Waals surface area contributed by atoms with Crippen LogP contribution in [0.15, 0.2) is 0 Å². The minimum absolute atomic E-state index is 0.452. The fourth-order valence-electron chi connectivity index (χ4n) is 1.23. The number of hydrogen-bond acceptors (Lipinski definition) is 5. The lowest BCUT2D eigenvalue weighted by atomic mass is 10.3. The maximum absolute atomic E-state index is 11.1. The predicted octanol–water partition coefficient (Wildman–Crippen LogP) is 0.531. The van der Waals surface area contributed by atoms with Gasteiger partial charge in [-0.25, -0.2) is 18.4 Å². The van der Waals surface area contributed by atoms with E-state index in [1.807, 2.05) is 14.1 Å². The van der Waals surface area contributed by atoms with E-state index in [4.69, 9.17) is 0 Å². The van der Waals surface area contributed by atoms with E-state index >= 15 is 0 Å². The standard InChI is InChI=1S/C9H16N4O2S/c1-6-8(12-16(5,14)15)7(2)11-9(10-6)13(3)4/h12H,1-5H3. The van der Waals surface area contributed by atoms with E-state index in [9.17, 15) is 8.42 Å². The molecule has 1 aromatic rings. The van der Waals surface area contributed by atoms with E-state index in [-0.39, 0.29) is 0 Å². The molecule has 90 valence electrons. The first kappa shape index (κ1) is 12.7. The first-order valence-electron chi connectivity index (χ1n) is 4.71. The van der Waals surface area contributed by atoms with Gasteiger partial charge in [0.1, 0.15) is 0 Å². The predicted molar refractivity (Wildman–Crippen MR) is 64.3 cm³/mol. The summed E-state index contributed by atoms with van der Waals surface area (Å²) in [4.78, 5) is 10.2. The Labute approximate surface area is 95.8 Å². The molecule has 0 atom stereocenters. The van der Waals surface area contributed by atoms with Crippen molar-refractivity contribution in [1.82, 2.24) is 9.97 Å². The second kappa shape index (κ2) is 4.25. The lowest BCUT2D eigenvalue weighted by Gasteiger charge is -2.15. The smallest absolute Gasteiger partial charge is 0.229 e. The quantitative estimate of drug-likeness (QED) is 0.839. The topological polar surface area (TPSA) is 75.2 Å². The zero-order valence-corrected chi connectivity index (χ0v) is 10.9. The van der Waals surface area contributed by atoms with Crippen molar-refractivity contribution in [2.24, 2.45) is 0 Å². The van der Waals surface area contributed by atoms with E-state index < -0.39 is 10.0 Å². The van der Waals surface area contributed by atoms with Gasteiger partial charge in [-0.2, -0.15) is 0 Å². The Bertz CT molecular complexity index is 473. The summed E-state index contributed by atoms with van der Waals surface area (Å²) in [5, 5.41) is 0. The second-order valence-electron chi connectivity index (χ2n) is 3.84. The third kappa shape index (κ3) is 3.06. The van der Waals surface area contributed by atoms with E-state index in [1.165, 1.54) is 0 Å². The van der Waals surface area contributed by atoms with Crippen molar-refractivity contribution < 1.29 is 8.42 Å². The van der Waals surface area contributed by atoms with Gasteiger partial charge in [-0.3, -0.25) is 4.72 Å². The number of aromatic nitrogens is 2. The summed E-state index contributed by atoms with van der Waals surface area (Å²) in [6.07, 6.45) is 1.10. The molecule has 0 saturated carbocycles. The molecule has 0 saturated heterocycles. The van der Waals surface area contributed by atoms with Gasteiger partial charge in [-0.15, -0.1) is 0 Å². The van der Waals surface area contributed by atoms with Gasteiger partial charge in [0.15, 0.2) is 0 Å². The molecule has 1 aromatic heterocycles. The zero-order chi connectivity index (χ0) is 12.5. The molecule has 0 aliphatic rings. The SMILES string of the molecule is Cc1nc(N(C)C)nc(C)c1NS(C)(=O)=O. The number of rotatable bonds is 3. The molecule has 0 unspecified atom stereocenters. The van der Waals surface area contributed by atoms with Crippen molar-refractivity contribution in [2.75, 3.05) is 30.0 Å². The lowest BCUT2D eigenvalue weighted by molar-refractivity contribution is 0.606. The van der Waals surface area contributed by atoms with Gasteiger partial charge in [0.05, 0.1) is 23.3 Å². The van der Waals surface area contributed by atoms with Crippen molar-refractivity contribution in [3.05, 3.63) is 11.4 Å². The molecule has 0 spiro atoms. The maximum Gasteiger partial charge on any atom is 0.229 e. The van der Waals surface area contributed by atoms with Crippen molar-refractivity contribution in [3.8, 4) is 0 Å². The number of nitrogens with zero attached hydrogens (tertiary/aromatic N) is 3. The molecule has 0 bridgehead atoms. The van der Waals surface area contributed by atoms with Gasteiger partial charge in [0, 0.05) is 14.1 Å². The molecule has 16 heavy (non-hydrogen) atoms. The Morgan fingerprint density at radius 1 is 1.12 bits per heavy atom. The Balaban J connectivity index is 3.23. The first-order chi connectivity index (χ1) is 7.20. The van der Waals surface area contributed by atoms with Crippen LogP contribution in [0.1, 0.15) is 11.4 Å². The Hall–Kier alpha value is -1.37. The summed E-state index contributed by atoms with van der Waals surface area (Å²) in [7, 11) is 0.364. The van der Waals surface area contributed by atoms with Gasteiger partial charge in [0.2, 0.25) is 16.0 Å². The number of nitrogens with one attached hydrogen (secondary N) is 1. The maximum atomic E-state index is 11.1. The number of sulfonamides is 1. The highest BCUT2D eigenvalue weighted by molar-refractivity contribution is 7.92. The fourth-order valence-corrected chi connectivity index (χ4v) is 1.90. The molecule has 0 amide bonds. The van der Waals surface area contributed by atoms with Crippen LogP contribution in [0.3, 0.4) is 0 Å². The van der Waals surface area contributed by atoms with Crippen LogP contribution in [0, 0.1) is 13.8 Å². The molecule has 7 heteroatoms. The molecule has 1 rings (SSSR count). The van der Waals surface area contributed by atoms with Gasteiger partial charge in [0.25, 0.3) is 0 Å². The molecule has 0 radical (unpaired) electrons. The summed E-state index contributed by atoms with van der Waals surface area (Å²) in [5.74, 6) is 0.564. The van der Waals surface area contributed by atoms with E-state index in [0.717, 1.165) is 6.26 Å². The first-order valence-corrected chi connectivity index (χ1v) is 6.60. The fraction of sp³-hybridized carbons (Fsp3) is 0.556. The van der Waals surface area contributed by atoms with Crippen molar-refractivity contribution in [3.63, 3.8) is 0 Å². The third-order valence-corrected chi connectivity index (χ3v) is 2.52. The van der Waals surface area contributed by atoms with Crippen LogP contribution < -0.4 is 9.62 Å². The Morgan fingerprint density at radius 2 is 1.56 bits per heavy atom. The van der Waals surface area contributed by atoms with Crippen LogP contribution in [0.25, 0.3) is 0 Å². The Morgan fingerprint density at radius 3 is 1.88 bits per heavy atom. The minimum Gasteiger partial charge on any atom is -0.347 e. The Kier molecular flexibility index (Phi) is 3.37. The van der Waals surface area contributed by atoms with Crippen molar-refractivity contribution >= 4 is 21.7 Å². The lowest BCUT2D eigenvalue weighted by Crippen LogP contribution is -2.17. The van der Waals surface area contributed by atoms with Crippen molar-refractivity contribution in [2.45, 2.75) is 13.8 Å². The largest absolute Gasteiger partial charge is 0.347 e. The summed E-state index contributed by atoms with van der Waals surface area (Å²) in [6.45, 7) is 3.49. The molecule has 6 nitrogen and oxygen atoms in total. The second-order valence-corrected chi connectivity index (χ2v) is 5.59.